The number of nitrogens with one attached hydrogen (secondary N) is 1. The molecule has 0 aliphatic rings. The Morgan fingerprint density at radius 1 is 1.14 bits per heavy atom. The van der Waals surface area contributed by atoms with Crippen LogP contribution in [0.15, 0.2) is 79.0 Å². The van der Waals surface area contributed by atoms with Crippen LogP contribution in [-0.4, -0.2) is 29.1 Å². The molecule has 0 saturated heterocycles. The van der Waals surface area contributed by atoms with E-state index in [-0.39, 0.29) is 11.1 Å². The highest BCUT2D eigenvalue weighted by atomic mass is 32.2. The zero-order chi connectivity index (χ0) is 24.7. The lowest BCUT2D eigenvalue weighted by Gasteiger charge is -2.21. The molecule has 0 aliphatic heterocycles. The van der Waals surface area contributed by atoms with Gasteiger partial charge in [0.1, 0.15) is 11.7 Å². The Kier molecular flexibility index (Phi) is 6.01. The molecule has 0 bridgehead atoms. The minimum absolute atomic E-state index is 0.00902. The van der Waals surface area contributed by atoms with Gasteiger partial charge in [-0.25, -0.2) is 13.5 Å². The summed E-state index contributed by atoms with van der Waals surface area (Å²) in [7, 11) is 1.91. The molecule has 3 aromatic carbocycles. The van der Waals surface area contributed by atoms with E-state index in [4.69, 9.17) is 28.8 Å². The van der Waals surface area contributed by atoms with Crippen LogP contribution in [0.1, 0.15) is 22.2 Å². The maximum absolute atomic E-state index is 12.5. The Balaban J connectivity index is 1.57. The molecule has 2 heterocycles. The molecule has 5 aromatic rings. The topological polar surface area (TPSA) is 121 Å². The fourth-order valence-corrected chi connectivity index (χ4v) is 5.15. The molecular weight excluding hydrogens is 480 g/mol. The zero-order valence-corrected chi connectivity index (χ0v) is 20.4. The first-order valence-electron chi connectivity index (χ1n) is 10.7. The Hall–Kier alpha value is -3.73. The molecule has 10 heteroatoms. The van der Waals surface area contributed by atoms with Gasteiger partial charge in [-0.1, -0.05) is 42.5 Å². The lowest BCUT2D eigenvalue weighted by Crippen LogP contribution is -2.19. The third kappa shape index (κ3) is 4.16. The number of pyridine rings is 1. The number of imidazole rings is 1. The van der Waals surface area contributed by atoms with E-state index in [0.29, 0.717) is 28.0 Å². The molecule has 0 amide bonds. The molecule has 0 saturated carbocycles. The average molecular weight is 503 g/mol. The molecule has 2 aromatic heterocycles. The summed E-state index contributed by atoms with van der Waals surface area (Å²) in [6.45, 7) is 0. The summed E-state index contributed by atoms with van der Waals surface area (Å²) in [5.74, 6) is 0.731. The van der Waals surface area contributed by atoms with E-state index in [9.17, 15) is 8.76 Å². The first-order chi connectivity index (χ1) is 16.8. The predicted molar refractivity (Wildman–Crippen MR) is 144 cm³/mol. The highest BCUT2D eigenvalue weighted by Crippen LogP contribution is 2.35. The van der Waals surface area contributed by atoms with Gasteiger partial charge in [-0.05, 0) is 35.9 Å². The van der Waals surface area contributed by atoms with Gasteiger partial charge in [0, 0.05) is 24.2 Å². The Labute approximate surface area is 209 Å². The minimum Gasteiger partial charge on any atom is -0.384 e. The van der Waals surface area contributed by atoms with Crippen LogP contribution in [0.25, 0.3) is 21.9 Å². The van der Waals surface area contributed by atoms with Crippen molar-refractivity contribution in [3.8, 4) is 0 Å². The molecule has 2 unspecified atom stereocenters. The van der Waals surface area contributed by atoms with Crippen molar-refractivity contribution in [2.75, 3.05) is 4.31 Å². The molecule has 4 N–H and O–H groups in total. The number of amidine groups is 1. The summed E-state index contributed by atoms with van der Waals surface area (Å²) in [5, 5.41) is 8.12. The lowest BCUT2D eigenvalue weighted by molar-refractivity contribution is 0.564. The van der Waals surface area contributed by atoms with Crippen molar-refractivity contribution in [1.82, 2.24) is 14.5 Å². The maximum atomic E-state index is 12.5. The quantitative estimate of drug-likeness (QED) is 0.116. The largest absolute Gasteiger partial charge is 0.384 e. The van der Waals surface area contributed by atoms with Crippen molar-refractivity contribution < 1.29 is 8.76 Å². The van der Waals surface area contributed by atoms with E-state index in [1.807, 2.05) is 54.1 Å². The maximum Gasteiger partial charge on any atom is 0.266 e. The van der Waals surface area contributed by atoms with Gasteiger partial charge in [0.25, 0.3) is 11.3 Å². The summed E-state index contributed by atoms with van der Waals surface area (Å²) < 4.78 is 26.0. The molecule has 0 radical (unpaired) electrons. The van der Waals surface area contributed by atoms with Crippen molar-refractivity contribution in [3.63, 3.8) is 0 Å². The summed E-state index contributed by atoms with van der Waals surface area (Å²) in [6, 6.07) is 22.0. The zero-order valence-electron chi connectivity index (χ0n) is 18.7. The van der Waals surface area contributed by atoms with Crippen molar-refractivity contribution in [2.45, 2.75) is 5.25 Å². The Morgan fingerprint density at radius 3 is 2.60 bits per heavy atom. The number of para-hydroxylation sites is 1. The highest BCUT2D eigenvalue weighted by Gasteiger charge is 2.22. The van der Waals surface area contributed by atoms with Gasteiger partial charge >= 0.3 is 0 Å². The smallest absolute Gasteiger partial charge is 0.266 e. The summed E-state index contributed by atoms with van der Waals surface area (Å²) in [5.41, 5.74) is 10.3. The second kappa shape index (κ2) is 9.14. The van der Waals surface area contributed by atoms with Crippen molar-refractivity contribution in [3.05, 3.63) is 95.9 Å². The fourth-order valence-electron chi connectivity index (χ4n) is 4.14. The van der Waals surface area contributed by atoms with Crippen LogP contribution in [0, 0.1) is 5.41 Å². The van der Waals surface area contributed by atoms with Crippen LogP contribution >= 0.6 is 12.6 Å². The normalized spacial score (nSPS) is 13.1. The number of hydrogen-bond acceptors (Lipinski definition) is 5. The van der Waals surface area contributed by atoms with Crippen LogP contribution in [0.4, 0.5) is 11.4 Å². The van der Waals surface area contributed by atoms with Gasteiger partial charge in [0.05, 0.1) is 33.2 Å². The van der Waals surface area contributed by atoms with Crippen LogP contribution in [0.5, 0.6) is 0 Å². The molecule has 8 nitrogen and oxygen atoms in total. The van der Waals surface area contributed by atoms with E-state index in [1.54, 1.807) is 36.5 Å². The standard InChI is InChI=1S/C25H22N6O2S2/c1-30-20-12-11-18(31(35(32)33)21-6-2-4-15-5-3-13-28-22(15)21)14-19(20)29-25(30)23(34)16-7-9-17(10-8-16)24(26)27/h2-14,23,34H,1H3,(H3,26,27)(H,32,33). The van der Waals surface area contributed by atoms with Crippen LogP contribution in [0.2, 0.25) is 0 Å². The number of nitrogens with two attached hydrogens (primary N) is 1. The monoisotopic (exact) mass is 502 g/mol. The van der Waals surface area contributed by atoms with E-state index < -0.39 is 11.3 Å². The molecular formula is C25H22N6O2S2. The van der Waals surface area contributed by atoms with Gasteiger partial charge in [-0.15, -0.1) is 0 Å². The van der Waals surface area contributed by atoms with Gasteiger partial charge in [0.15, 0.2) is 0 Å². The SMILES string of the molecule is Cn1c(C(S)c2ccc(C(=N)N)cc2)nc2cc(N(c3cccc4cccnc34)S(=O)O)ccc21. The number of fused-ring (bicyclic) bond motifs is 2. The van der Waals surface area contributed by atoms with Crippen LogP contribution in [0.3, 0.4) is 0 Å². The minimum atomic E-state index is -2.33. The molecule has 0 aliphatic carbocycles. The number of hydrogen-bond donors (Lipinski definition) is 4. The Bertz CT molecular complexity index is 1590. The van der Waals surface area contributed by atoms with E-state index in [2.05, 4.69) is 4.98 Å². The number of aryl methyl sites for hydroxylation is 1. The second-order valence-electron chi connectivity index (χ2n) is 8.02. The van der Waals surface area contributed by atoms with Gasteiger partial charge in [-0.2, -0.15) is 12.6 Å². The molecule has 2 atom stereocenters. The van der Waals surface area contributed by atoms with E-state index in [0.717, 1.165) is 22.3 Å². The van der Waals surface area contributed by atoms with Gasteiger partial charge in [-0.3, -0.25) is 14.9 Å². The average Bonchev–Trinajstić information content (AvgIpc) is 3.19. The van der Waals surface area contributed by atoms with Gasteiger partial charge < -0.3 is 10.3 Å². The first kappa shape index (κ1) is 23.0. The summed E-state index contributed by atoms with van der Waals surface area (Å²) in [4.78, 5) is 9.23. The van der Waals surface area contributed by atoms with Gasteiger partial charge in [0.2, 0.25) is 0 Å². The third-order valence-electron chi connectivity index (χ3n) is 5.90. The lowest BCUT2D eigenvalue weighted by atomic mass is 10.1. The van der Waals surface area contributed by atoms with E-state index >= 15 is 0 Å². The van der Waals surface area contributed by atoms with Crippen LogP contribution in [-0.2, 0) is 18.3 Å². The fraction of sp³-hybridized carbons (Fsp3) is 0.0800. The summed E-state index contributed by atoms with van der Waals surface area (Å²) in [6.07, 6.45) is 1.66. The first-order valence-corrected chi connectivity index (χ1v) is 12.3. The van der Waals surface area contributed by atoms with Crippen molar-refractivity contribution in [1.29, 1.82) is 5.41 Å². The number of nitrogens with zero attached hydrogens (tertiary/aromatic N) is 4. The molecule has 176 valence electrons. The van der Waals surface area contributed by atoms with Crippen LogP contribution < -0.4 is 10.0 Å². The number of rotatable bonds is 6. The molecule has 0 fully saturated rings. The number of nitrogen functional groups attached to an aromatic ring is 1. The second-order valence-corrected chi connectivity index (χ2v) is 9.36. The number of aromatic nitrogens is 3. The number of anilines is 2. The van der Waals surface area contributed by atoms with Crippen molar-refractivity contribution >= 4 is 63.0 Å². The highest BCUT2D eigenvalue weighted by molar-refractivity contribution is 7.81. The van der Waals surface area contributed by atoms with E-state index in [1.165, 1.54) is 4.31 Å². The predicted octanol–water partition coefficient (Wildman–Crippen LogP) is 4.70. The number of thiol groups is 1. The molecule has 0 spiro atoms. The summed E-state index contributed by atoms with van der Waals surface area (Å²) >= 11 is 2.47. The molecule has 5 rings (SSSR count). The third-order valence-corrected chi connectivity index (χ3v) is 7.15. The van der Waals surface area contributed by atoms with Crippen molar-refractivity contribution in [2.24, 2.45) is 12.8 Å². The number of benzene rings is 3. The Morgan fingerprint density at radius 2 is 1.89 bits per heavy atom. The molecule has 35 heavy (non-hydrogen) atoms.